The summed E-state index contributed by atoms with van der Waals surface area (Å²) in [6.45, 7) is 0. The number of rotatable bonds is 4. The molecule has 3 aromatic rings. The Bertz CT molecular complexity index is 645. The second-order valence-electron chi connectivity index (χ2n) is 5.22. The summed E-state index contributed by atoms with van der Waals surface area (Å²) in [7, 11) is 0. The van der Waals surface area contributed by atoms with Crippen LogP contribution in [-0.4, -0.2) is 5.33 Å². The Morgan fingerprint density at radius 2 is 0.875 bits per heavy atom. The topological polar surface area (TPSA) is 0 Å². The molecule has 24 heavy (non-hydrogen) atoms. The minimum Gasteiger partial charge on any atom is -0.0912 e. The molecule has 0 radical (unpaired) electrons. The van der Waals surface area contributed by atoms with Gasteiger partial charge in [0.15, 0.2) is 0 Å². The SMILES string of the molecule is BrC(c1ccccc1)c1ccccc1.BrCC(Br)c1ccccc1. The Morgan fingerprint density at radius 1 is 0.542 bits per heavy atom. The summed E-state index contributed by atoms with van der Waals surface area (Å²) >= 11 is 10.6. The smallest absolute Gasteiger partial charge is 0.0644 e. The maximum atomic E-state index is 3.69. The van der Waals surface area contributed by atoms with Crippen molar-refractivity contribution in [3.05, 3.63) is 108 Å². The fraction of sp³-hybridized carbons (Fsp3) is 0.143. The van der Waals surface area contributed by atoms with Crippen LogP contribution in [0.4, 0.5) is 0 Å². The lowest BCUT2D eigenvalue weighted by Crippen LogP contribution is -1.90. The molecule has 0 saturated heterocycles. The molecule has 0 aromatic heterocycles. The molecule has 0 aliphatic rings. The molecule has 0 saturated carbocycles. The Kier molecular flexibility index (Phi) is 8.79. The average molecular weight is 511 g/mol. The van der Waals surface area contributed by atoms with Gasteiger partial charge in [0, 0.05) is 10.2 Å². The van der Waals surface area contributed by atoms with E-state index < -0.39 is 0 Å². The van der Waals surface area contributed by atoms with Crippen LogP contribution in [0, 0.1) is 0 Å². The molecular formula is C21H19Br3. The molecule has 0 amide bonds. The molecule has 0 fully saturated rings. The molecule has 3 heteroatoms. The third-order valence-corrected chi connectivity index (χ3v) is 6.91. The normalized spacial score (nSPS) is 11.5. The zero-order valence-corrected chi connectivity index (χ0v) is 17.9. The lowest BCUT2D eigenvalue weighted by Gasteiger charge is -2.09. The van der Waals surface area contributed by atoms with Gasteiger partial charge in [-0.1, -0.05) is 139 Å². The fourth-order valence-corrected chi connectivity index (χ4v) is 3.48. The van der Waals surface area contributed by atoms with Gasteiger partial charge >= 0.3 is 0 Å². The van der Waals surface area contributed by atoms with E-state index in [1.54, 1.807) is 0 Å². The fourth-order valence-electron chi connectivity index (χ4n) is 2.19. The average Bonchev–Trinajstić information content (AvgIpc) is 2.69. The monoisotopic (exact) mass is 508 g/mol. The maximum Gasteiger partial charge on any atom is 0.0644 e. The van der Waals surface area contributed by atoms with Gasteiger partial charge in [-0.25, -0.2) is 0 Å². The van der Waals surface area contributed by atoms with E-state index in [4.69, 9.17) is 0 Å². The highest BCUT2D eigenvalue weighted by Gasteiger charge is 2.07. The van der Waals surface area contributed by atoms with Crippen molar-refractivity contribution in [3.63, 3.8) is 0 Å². The second-order valence-corrected chi connectivity index (χ2v) is 7.88. The van der Waals surface area contributed by atoms with Crippen LogP contribution < -0.4 is 0 Å². The summed E-state index contributed by atoms with van der Waals surface area (Å²) in [6, 6.07) is 31.2. The van der Waals surface area contributed by atoms with E-state index in [0.717, 1.165) is 5.33 Å². The first-order valence-corrected chi connectivity index (χ1v) is 10.7. The van der Waals surface area contributed by atoms with Gasteiger partial charge < -0.3 is 0 Å². The first kappa shape index (κ1) is 19.4. The van der Waals surface area contributed by atoms with E-state index in [2.05, 4.69) is 108 Å². The molecule has 0 aliphatic carbocycles. The first-order valence-electron chi connectivity index (χ1n) is 7.71. The van der Waals surface area contributed by atoms with Crippen molar-refractivity contribution in [1.29, 1.82) is 0 Å². The summed E-state index contributed by atoms with van der Waals surface area (Å²) in [4.78, 5) is 0.735. The zero-order valence-electron chi connectivity index (χ0n) is 13.2. The summed E-state index contributed by atoms with van der Waals surface area (Å²) in [6.07, 6.45) is 0. The van der Waals surface area contributed by atoms with Crippen molar-refractivity contribution >= 4 is 47.8 Å². The summed E-state index contributed by atoms with van der Waals surface area (Å²) in [5.74, 6) is 0. The summed E-state index contributed by atoms with van der Waals surface area (Å²) < 4.78 is 0. The standard InChI is InChI=1S/C13H11Br.C8H8Br2/c14-13(11-7-3-1-4-8-11)12-9-5-2-6-10-12;9-6-8(10)7-4-2-1-3-5-7/h1-10,13H;1-5,8H,6H2. The third kappa shape index (κ3) is 6.19. The lowest BCUT2D eigenvalue weighted by atomic mass is 10.1. The molecule has 0 spiro atoms. The van der Waals surface area contributed by atoms with Gasteiger partial charge in [-0.15, -0.1) is 0 Å². The number of halogens is 3. The molecule has 0 nitrogen and oxygen atoms in total. The maximum absolute atomic E-state index is 3.69. The largest absolute Gasteiger partial charge is 0.0912 e. The highest BCUT2D eigenvalue weighted by Crippen LogP contribution is 2.29. The predicted molar refractivity (Wildman–Crippen MR) is 116 cm³/mol. The van der Waals surface area contributed by atoms with Crippen LogP contribution >= 0.6 is 47.8 Å². The zero-order chi connectivity index (χ0) is 17.2. The third-order valence-electron chi connectivity index (χ3n) is 3.48. The number of alkyl halides is 3. The number of hydrogen-bond acceptors (Lipinski definition) is 0. The Labute approximate surface area is 169 Å². The van der Waals surface area contributed by atoms with Crippen molar-refractivity contribution in [3.8, 4) is 0 Å². The van der Waals surface area contributed by atoms with Crippen LogP contribution in [0.5, 0.6) is 0 Å². The molecule has 1 atom stereocenters. The van der Waals surface area contributed by atoms with Gasteiger partial charge in [0.1, 0.15) is 0 Å². The molecule has 0 heterocycles. The van der Waals surface area contributed by atoms with E-state index in [0.29, 0.717) is 9.65 Å². The summed E-state index contributed by atoms with van der Waals surface area (Å²) in [5, 5.41) is 0.955. The van der Waals surface area contributed by atoms with Crippen molar-refractivity contribution in [2.75, 3.05) is 5.33 Å². The van der Waals surface area contributed by atoms with E-state index in [1.165, 1.54) is 16.7 Å². The molecule has 0 N–H and O–H groups in total. The van der Waals surface area contributed by atoms with Crippen LogP contribution in [0.25, 0.3) is 0 Å². The first-order chi connectivity index (χ1) is 11.7. The molecule has 3 rings (SSSR count). The second kappa shape index (κ2) is 10.9. The summed E-state index contributed by atoms with van der Waals surface area (Å²) in [5.41, 5.74) is 3.90. The van der Waals surface area contributed by atoms with Gasteiger partial charge in [0.25, 0.3) is 0 Å². The molecule has 0 aliphatic heterocycles. The Hall–Kier alpha value is -0.900. The quantitative estimate of drug-likeness (QED) is 0.316. The molecule has 3 aromatic carbocycles. The van der Waals surface area contributed by atoms with Crippen molar-refractivity contribution in [2.24, 2.45) is 0 Å². The highest BCUT2D eigenvalue weighted by molar-refractivity contribution is 9.12. The van der Waals surface area contributed by atoms with Gasteiger partial charge in [0.05, 0.1) is 4.83 Å². The number of benzene rings is 3. The van der Waals surface area contributed by atoms with Crippen LogP contribution in [0.2, 0.25) is 0 Å². The van der Waals surface area contributed by atoms with Crippen molar-refractivity contribution < 1.29 is 0 Å². The van der Waals surface area contributed by atoms with Crippen LogP contribution in [0.3, 0.4) is 0 Å². The Morgan fingerprint density at radius 3 is 1.21 bits per heavy atom. The van der Waals surface area contributed by atoms with Crippen molar-refractivity contribution in [2.45, 2.75) is 9.65 Å². The van der Waals surface area contributed by atoms with E-state index in [1.807, 2.05) is 30.3 Å². The van der Waals surface area contributed by atoms with Gasteiger partial charge in [0.2, 0.25) is 0 Å². The predicted octanol–water partition coefficient (Wildman–Crippen LogP) is 7.69. The van der Waals surface area contributed by atoms with E-state index >= 15 is 0 Å². The van der Waals surface area contributed by atoms with Crippen LogP contribution in [-0.2, 0) is 0 Å². The van der Waals surface area contributed by atoms with Crippen molar-refractivity contribution in [1.82, 2.24) is 0 Å². The Balaban J connectivity index is 0.000000185. The van der Waals surface area contributed by atoms with Crippen LogP contribution in [0.15, 0.2) is 91.0 Å². The van der Waals surface area contributed by atoms with Gasteiger partial charge in [-0.05, 0) is 16.7 Å². The minimum absolute atomic E-state index is 0.296. The van der Waals surface area contributed by atoms with Crippen LogP contribution in [0.1, 0.15) is 26.3 Å². The van der Waals surface area contributed by atoms with Gasteiger partial charge in [-0.2, -0.15) is 0 Å². The molecule has 124 valence electrons. The molecule has 1 unspecified atom stereocenters. The molecular weight excluding hydrogens is 492 g/mol. The van der Waals surface area contributed by atoms with E-state index in [9.17, 15) is 0 Å². The number of hydrogen-bond donors (Lipinski definition) is 0. The van der Waals surface area contributed by atoms with E-state index in [-0.39, 0.29) is 0 Å². The molecule has 0 bridgehead atoms. The minimum atomic E-state index is 0.296. The highest BCUT2D eigenvalue weighted by atomic mass is 79.9. The lowest BCUT2D eigenvalue weighted by molar-refractivity contribution is 1.15. The van der Waals surface area contributed by atoms with Gasteiger partial charge in [-0.3, -0.25) is 0 Å².